The molecule has 0 spiro atoms. The maximum atomic E-state index is 13.2. The number of carbonyl (C=O) groups is 1. The summed E-state index contributed by atoms with van der Waals surface area (Å²) < 4.78 is 37.0. The molecule has 0 aromatic heterocycles. The third-order valence-corrected chi connectivity index (χ3v) is 2.83. The number of nitrogens with one attached hydrogen (secondary N) is 3. The molecule has 106 valence electrons. The van der Waals surface area contributed by atoms with Crippen LogP contribution in [0.2, 0.25) is 0 Å². The minimum atomic E-state index is -3.22. The zero-order valence-electron chi connectivity index (χ0n) is 10.4. The van der Waals surface area contributed by atoms with E-state index in [-0.39, 0.29) is 18.8 Å². The topological polar surface area (TPSA) is 87.3 Å². The number of halogens is 1. The van der Waals surface area contributed by atoms with Crippen LogP contribution in [-0.2, 0) is 14.8 Å². The van der Waals surface area contributed by atoms with Crippen molar-refractivity contribution in [2.45, 2.75) is 0 Å². The molecule has 0 aliphatic rings. The molecule has 1 aromatic rings. The zero-order valence-corrected chi connectivity index (χ0v) is 11.3. The minimum Gasteiger partial charge on any atom is -0.322 e. The average Bonchev–Trinajstić information content (AvgIpc) is 2.30. The van der Waals surface area contributed by atoms with Crippen molar-refractivity contribution < 1.29 is 17.6 Å². The van der Waals surface area contributed by atoms with E-state index in [9.17, 15) is 17.6 Å². The summed E-state index contributed by atoms with van der Waals surface area (Å²) in [6, 6.07) is 5.85. The van der Waals surface area contributed by atoms with Gasteiger partial charge in [-0.05, 0) is 12.1 Å². The SMILES string of the molecule is CS(=O)(=O)NCCNCC(=O)Nc1ccccc1F. The van der Waals surface area contributed by atoms with E-state index in [1.165, 1.54) is 18.2 Å². The van der Waals surface area contributed by atoms with E-state index in [1.807, 2.05) is 0 Å². The van der Waals surface area contributed by atoms with Crippen molar-refractivity contribution in [2.75, 3.05) is 31.2 Å². The van der Waals surface area contributed by atoms with Crippen LogP contribution in [0.3, 0.4) is 0 Å². The molecular formula is C11H16FN3O3S. The average molecular weight is 289 g/mol. The second kappa shape index (κ2) is 7.17. The minimum absolute atomic E-state index is 0.0280. The monoisotopic (exact) mass is 289 g/mol. The van der Waals surface area contributed by atoms with Crippen LogP contribution in [0.15, 0.2) is 24.3 Å². The number of para-hydroxylation sites is 1. The highest BCUT2D eigenvalue weighted by atomic mass is 32.2. The molecule has 0 saturated heterocycles. The van der Waals surface area contributed by atoms with E-state index in [1.54, 1.807) is 6.07 Å². The van der Waals surface area contributed by atoms with Crippen LogP contribution in [0.5, 0.6) is 0 Å². The van der Waals surface area contributed by atoms with Gasteiger partial charge in [0.1, 0.15) is 5.82 Å². The fraction of sp³-hybridized carbons (Fsp3) is 0.364. The van der Waals surface area contributed by atoms with Gasteiger partial charge in [-0.2, -0.15) is 0 Å². The van der Waals surface area contributed by atoms with Crippen LogP contribution in [0.4, 0.5) is 10.1 Å². The van der Waals surface area contributed by atoms with Crippen molar-refractivity contribution in [3.63, 3.8) is 0 Å². The Morgan fingerprint density at radius 3 is 2.58 bits per heavy atom. The number of anilines is 1. The molecule has 19 heavy (non-hydrogen) atoms. The standard InChI is InChI=1S/C11H16FN3O3S/c1-19(17,18)14-7-6-13-8-11(16)15-10-5-3-2-4-9(10)12/h2-5,13-14H,6-8H2,1H3,(H,15,16). The van der Waals surface area contributed by atoms with Gasteiger partial charge in [-0.3, -0.25) is 4.79 Å². The van der Waals surface area contributed by atoms with Crippen LogP contribution in [-0.4, -0.2) is 40.2 Å². The van der Waals surface area contributed by atoms with Gasteiger partial charge >= 0.3 is 0 Å². The van der Waals surface area contributed by atoms with E-state index in [0.29, 0.717) is 6.54 Å². The summed E-state index contributed by atoms with van der Waals surface area (Å²) in [6.45, 7) is 0.462. The fourth-order valence-corrected chi connectivity index (χ4v) is 1.76. The molecule has 0 fully saturated rings. The molecule has 0 atom stereocenters. The Hall–Kier alpha value is -1.51. The van der Waals surface area contributed by atoms with Crippen molar-refractivity contribution in [2.24, 2.45) is 0 Å². The van der Waals surface area contributed by atoms with Crippen molar-refractivity contribution in [1.29, 1.82) is 0 Å². The van der Waals surface area contributed by atoms with Crippen LogP contribution < -0.4 is 15.4 Å². The number of carbonyl (C=O) groups excluding carboxylic acids is 1. The van der Waals surface area contributed by atoms with Gasteiger partial charge in [0.2, 0.25) is 15.9 Å². The molecule has 8 heteroatoms. The van der Waals surface area contributed by atoms with E-state index >= 15 is 0 Å². The molecule has 6 nitrogen and oxygen atoms in total. The highest BCUT2D eigenvalue weighted by molar-refractivity contribution is 7.88. The van der Waals surface area contributed by atoms with Gasteiger partial charge in [-0.15, -0.1) is 0 Å². The van der Waals surface area contributed by atoms with Gasteiger partial charge in [-0.25, -0.2) is 17.5 Å². The van der Waals surface area contributed by atoms with Gasteiger partial charge in [0, 0.05) is 13.1 Å². The molecule has 0 unspecified atom stereocenters. The lowest BCUT2D eigenvalue weighted by Gasteiger charge is -2.07. The lowest BCUT2D eigenvalue weighted by molar-refractivity contribution is -0.115. The summed E-state index contributed by atoms with van der Waals surface area (Å²) in [4.78, 5) is 11.4. The summed E-state index contributed by atoms with van der Waals surface area (Å²) in [5.74, 6) is -0.904. The molecule has 0 bridgehead atoms. The fourth-order valence-electron chi connectivity index (χ4n) is 1.28. The largest absolute Gasteiger partial charge is 0.322 e. The Labute approximate surface area is 111 Å². The summed E-state index contributed by atoms with van der Waals surface area (Å²) in [6.07, 6.45) is 1.05. The maximum Gasteiger partial charge on any atom is 0.238 e. The first kappa shape index (κ1) is 15.5. The van der Waals surface area contributed by atoms with Gasteiger partial charge in [-0.1, -0.05) is 12.1 Å². The molecule has 0 radical (unpaired) electrons. The lowest BCUT2D eigenvalue weighted by Crippen LogP contribution is -2.35. The van der Waals surface area contributed by atoms with Gasteiger partial charge in [0.25, 0.3) is 0 Å². The Morgan fingerprint density at radius 2 is 1.95 bits per heavy atom. The van der Waals surface area contributed by atoms with Crippen LogP contribution in [0.1, 0.15) is 0 Å². The zero-order chi connectivity index (χ0) is 14.3. The number of amides is 1. The maximum absolute atomic E-state index is 13.2. The van der Waals surface area contributed by atoms with E-state index in [0.717, 1.165) is 6.26 Å². The van der Waals surface area contributed by atoms with E-state index in [4.69, 9.17) is 0 Å². The second-order valence-corrected chi connectivity index (χ2v) is 5.70. The Balaban J connectivity index is 2.24. The molecule has 3 N–H and O–H groups in total. The van der Waals surface area contributed by atoms with E-state index in [2.05, 4.69) is 15.4 Å². The smallest absolute Gasteiger partial charge is 0.238 e. The number of rotatable bonds is 7. The quantitative estimate of drug-likeness (QED) is 0.612. The highest BCUT2D eigenvalue weighted by Gasteiger charge is 2.05. The Kier molecular flexibility index (Phi) is 5.87. The predicted molar refractivity (Wildman–Crippen MR) is 70.7 cm³/mol. The summed E-state index contributed by atoms with van der Waals surface area (Å²) in [5.41, 5.74) is 0.114. The number of benzene rings is 1. The van der Waals surface area contributed by atoms with Crippen molar-refractivity contribution in [3.05, 3.63) is 30.1 Å². The van der Waals surface area contributed by atoms with Crippen LogP contribution in [0.25, 0.3) is 0 Å². The van der Waals surface area contributed by atoms with Crippen molar-refractivity contribution >= 4 is 21.6 Å². The summed E-state index contributed by atoms with van der Waals surface area (Å²) in [7, 11) is -3.22. The molecule has 0 saturated carbocycles. The van der Waals surface area contributed by atoms with Gasteiger partial charge < -0.3 is 10.6 Å². The first-order chi connectivity index (χ1) is 8.88. The molecule has 1 aromatic carbocycles. The van der Waals surface area contributed by atoms with Crippen molar-refractivity contribution in [3.8, 4) is 0 Å². The molecule has 1 rings (SSSR count). The number of hydrogen-bond acceptors (Lipinski definition) is 4. The first-order valence-electron chi connectivity index (χ1n) is 5.58. The number of sulfonamides is 1. The molecular weight excluding hydrogens is 273 g/mol. The lowest BCUT2D eigenvalue weighted by atomic mass is 10.3. The molecule has 0 aliphatic heterocycles. The van der Waals surface area contributed by atoms with Gasteiger partial charge in [0.15, 0.2) is 0 Å². The summed E-state index contributed by atoms with van der Waals surface area (Å²) in [5, 5.41) is 5.14. The molecule has 0 aliphatic carbocycles. The Morgan fingerprint density at radius 1 is 1.26 bits per heavy atom. The predicted octanol–water partition coefficient (Wildman–Crippen LogP) is -0.0970. The summed E-state index contributed by atoms with van der Waals surface area (Å²) >= 11 is 0. The van der Waals surface area contributed by atoms with E-state index < -0.39 is 21.7 Å². The highest BCUT2D eigenvalue weighted by Crippen LogP contribution is 2.11. The van der Waals surface area contributed by atoms with Crippen LogP contribution in [0, 0.1) is 5.82 Å². The second-order valence-electron chi connectivity index (χ2n) is 3.87. The molecule has 0 heterocycles. The molecule has 1 amide bonds. The van der Waals surface area contributed by atoms with Crippen molar-refractivity contribution in [1.82, 2.24) is 10.0 Å². The normalized spacial score (nSPS) is 11.3. The third kappa shape index (κ3) is 6.85. The number of hydrogen-bond donors (Lipinski definition) is 3. The first-order valence-corrected chi connectivity index (χ1v) is 7.47. The third-order valence-electron chi connectivity index (χ3n) is 2.10. The Bertz CT molecular complexity index is 534. The van der Waals surface area contributed by atoms with Gasteiger partial charge in [0.05, 0.1) is 18.5 Å². The van der Waals surface area contributed by atoms with Crippen LogP contribution >= 0.6 is 0 Å².